The molecule has 0 aromatic carbocycles. The van der Waals surface area contributed by atoms with E-state index in [0.29, 0.717) is 31.9 Å². The minimum Gasteiger partial charge on any atom is -0.481 e. The Morgan fingerprint density at radius 2 is 2.13 bits per heavy atom. The molecule has 0 radical (unpaired) electrons. The molecule has 1 aliphatic heterocycles. The molecule has 0 unspecified atom stereocenters. The molecule has 15 heavy (non-hydrogen) atoms. The van der Waals surface area contributed by atoms with Crippen LogP contribution in [0.15, 0.2) is 18.3 Å². The normalized spacial score (nSPS) is 19.9. The number of methoxy groups -OCH3 is 1. The van der Waals surface area contributed by atoms with Crippen molar-refractivity contribution in [3.8, 4) is 5.88 Å². The summed E-state index contributed by atoms with van der Waals surface area (Å²) in [6.07, 6.45) is 2.92. The van der Waals surface area contributed by atoms with Gasteiger partial charge in [0.25, 0.3) is 0 Å². The van der Waals surface area contributed by atoms with Gasteiger partial charge in [-0.3, -0.25) is 0 Å². The first kappa shape index (κ1) is 10.4. The van der Waals surface area contributed by atoms with Crippen LogP contribution in [0.5, 0.6) is 5.88 Å². The number of rotatable bonds is 2. The van der Waals surface area contributed by atoms with Crippen LogP contribution in [-0.4, -0.2) is 30.4 Å². The molecule has 1 fully saturated rings. The molecule has 1 saturated heterocycles. The van der Waals surface area contributed by atoms with Crippen LogP contribution in [0.3, 0.4) is 0 Å². The first-order valence-electron chi connectivity index (χ1n) is 5.05. The van der Waals surface area contributed by atoms with Crippen molar-refractivity contribution in [2.24, 2.45) is 0 Å². The van der Waals surface area contributed by atoms with Gasteiger partial charge in [0.2, 0.25) is 5.88 Å². The Hall–Kier alpha value is -1.13. The van der Waals surface area contributed by atoms with Crippen LogP contribution in [0.25, 0.3) is 0 Å². The Labute approximate surface area is 88.9 Å². The lowest BCUT2D eigenvalue weighted by Crippen LogP contribution is -2.33. The number of aliphatic hydroxyl groups is 1. The van der Waals surface area contributed by atoms with Crippen LogP contribution in [0, 0.1) is 0 Å². The summed E-state index contributed by atoms with van der Waals surface area (Å²) >= 11 is 0. The fourth-order valence-corrected chi connectivity index (χ4v) is 1.77. The summed E-state index contributed by atoms with van der Waals surface area (Å²) in [4.78, 5) is 4.09. The highest BCUT2D eigenvalue weighted by Gasteiger charge is 2.31. The predicted molar refractivity (Wildman–Crippen MR) is 54.7 cm³/mol. The number of ether oxygens (including phenoxy) is 2. The second kappa shape index (κ2) is 4.16. The lowest BCUT2D eigenvalue weighted by atomic mass is 9.88. The Kier molecular flexibility index (Phi) is 2.88. The molecule has 2 heterocycles. The van der Waals surface area contributed by atoms with E-state index < -0.39 is 5.60 Å². The van der Waals surface area contributed by atoms with Crippen molar-refractivity contribution in [1.82, 2.24) is 4.98 Å². The summed E-state index contributed by atoms with van der Waals surface area (Å²) in [6.45, 7) is 1.20. The monoisotopic (exact) mass is 209 g/mol. The van der Waals surface area contributed by atoms with Gasteiger partial charge in [0.05, 0.1) is 12.7 Å². The van der Waals surface area contributed by atoms with Gasteiger partial charge in [-0.2, -0.15) is 0 Å². The molecule has 82 valence electrons. The third-order valence-corrected chi connectivity index (χ3v) is 2.80. The molecule has 1 N–H and O–H groups in total. The maximum absolute atomic E-state index is 10.3. The standard InChI is InChI=1S/C11H15NO3/c1-14-10-3-2-9(8-12-10)11(13)4-6-15-7-5-11/h2-3,8,13H,4-7H2,1H3. The highest BCUT2D eigenvalue weighted by molar-refractivity contribution is 5.23. The third kappa shape index (κ3) is 2.11. The molecule has 1 aromatic rings. The first-order valence-corrected chi connectivity index (χ1v) is 5.05. The predicted octanol–water partition coefficient (Wildman–Crippen LogP) is 1.09. The van der Waals surface area contributed by atoms with Gasteiger partial charge in [0.1, 0.15) is 0 Å². The number of pyridine rings is 1. The van der Waals surface area contributed by atoms with E-state index in [1.165, 1.54) is 0 Å². The molecule has 0 spiro atoms. The fourth-order valence-electron chi connectivity index (χ4n) is 1.77. The topological polar surface area (TPSA) is 51.6 Å². The highest BCUT2D eigenvalue weighted by atomic mass is 16.5. The molecular weight excluding hydrogens is 194 g/mol. The minimum atomic E-state index is -0.780. The van der Waals surface area contributed by atoms with Crippen LogP contribution >= 0.6 is 0 Å². The number of hydrogen-bond acceptors (Lipinski definition) is 4. The van der Waals surface area contributed by atoms with Crippen molar-refractivity contribution in [2.45, 2.75) is 18.4 Å². The van der Waals surface area contributed by atoms with E-state index in [2.05, 4.69) is 4.98 Å². The van der Waals surface area contributed by atoms with Gasteiger partial charge in [-0.25, -0.2) is 4.98 Å². The molecule has 0 aliphatic carbocycles. The quantitative estimate of drug-likeness (QED) is 0.792. The van der Waals surface area contributed by atoms with Gasteiger partial charge in [-0.1, -0.05) is 0 Å². The summed E-state index contributed by atoms with van der Waals surface area (Å²) in [5, 5.41) is 10.3. The molecule has 0 atom stereocenters. The van der Waals surface area contributed by atoms with Crippen molar-refractivity contribution in [3.05, 3.63) is 23.9 Å². The SMILES string of the molecule is COc1ccc(C2(O)CCOCC2)cn1. The molecule has 4 nitrogen and oxygen atoms in total. The number of hydrogen-bond donors (Lipinski definition) is 1. The minimum absolute atomic E-state index is 0.564. The number of nitrogens with zero attached hydrogens (tertiary/aromatic N) is 1. The highest BCUT2D eigenvalue weighted by Crippen LogP contribution is 2.31. The maximum Gasteiger partial charge on any atom is 0.212 e. The zero-order chi connectivity index (χ0) is 10.7. The largest absolute Gasteiger partial charge is 0.481 e. The smallest absolute Gasteiger partial charge is 0.212 e. The zero-order valence-corrected chi connectivity index (χ0v) is 8.77. The molecular formula is C11H15NO3. The molecule has 0 saturated carbocycles. The van der Waals surface area contributed by atoms with E-state index in [1.54, 1.807) is 19.4 Å². The fraction of sp³-hybridized carbons (Fsp3) is 0.545. The Balaban J connectivity index is 2.20. The van der Waals surface area contributed by atoms with E-state index in [-0.39, 0.29) is 0 Å². The first-order chi connectivity index (χ1) is 7.24. The summed E-state index contributed by atoms with van der Waals surface area (Å²) in [7, 11) is 1.57. The Morgan fingerprint density at radius 3 is 2.67 bits per heavy atom. The van der Waals surface area contributed by atoms with E-state index in [4.69, 9.17) is 9.47 Å². The summed E-state index contributed by atoms with van der Waals surface area (Å²) in [6, 6.07) is 3.62. The summed E-state index contributed by atoms with van der Waals surface area (Å²) in [5.74, 6) is 0.564. The Morgan fingerprint density at radius 1 is 1.40 bits per heavy atom. The van der Waals surface area contributed by atoms with Crippen molar-refractivity contribution in [3.63, 3.8) is 0 Å². The second-order valence-corrected chi connectivity index (χ2v) is 3.73. The van der Waals surface area contributed by atoms with Crippen LogP contribution in [-0.2, 0) is 10.3 Å². The lowest BCUT2D eigenvalue weighted by Gasteiger charge is -2.32. The summed E-state index contributed by atoms with van der Waals surface area (Å²) in [5.41, 5.74) is 0.0592. The van der Waals surface area contributed by atoms with Crippen molar-refractivity contribution < 1.29 is 14.6 Å². The maximum atomic E-state index is 10.3. The molecule has 0 bridgehead atoms. The lowest BCUT2D eigenvalue weighted by molar-refractivity contribution is -0.0681. The molecule has 1 aliphatic rings. The number of aromatic nitrogens is 1. The van der Waals surface area contributed by atoms with E-state index in [0.717, 1.165) is 5.56 Å². The molecule has 1 aromatic heterocycles. The zero-order valence-electron chi connectivity index (χ0n) is 8.77. The van der Waals surface area contributed by atoms with Crippen LogP contribution in [0.2, 0.25) is 0 Å². The van der Waals surface area contributed by atoms with Crippen molar-refractivity contribution in [2.75, 3.05) is 20.3 Å². The van der Waals surface area contributed by atoms with Gasteiger partial charge < -0.3 is 14.6 Å². The van der Waals surface area contributed by atoms with Gasteiger partial charge in [-0.05, 0) is 6.07 Å². The van der Waals surface area contributed by atoms with E-state index in [9.17, 15) is 5.11 Å². The van der Waals surface area contributed by atoms with Crippen LogP contribution in [0.1, 0.15) is 18.4 Å². The molecule has 4 heteroatoms. The van der Waals surface area contributed by atoms with E-state index in [1.807, 2.05) is 6.07 Å². The van der Waals surface area contributed by atoms with Gasteiger partial charge in [0.15, 0.2) is 0 Å². The van der Waals surface area contributed by atoms with Gasteiger partial charge in [0, 0.05) is 43.9 Å². The van der Waals surface area contributed by atoms with E-state index >= 15 is 0 Å². The third-order valence-electron chi connectivity index (χ3n) is 2.80. The second-order valence-electron chi connectivity index (χ2n) is 3.73. The average molecular weight is 209 g/mol. The van der Waals surface area contributed by atoms with Crippen molar-refractivity contribution in [1.29, 1.82) is 0 Å². The molecule has 2 rings (SSSR count). The average Bonchev–Trinajstić information content (AvgIpc) is 2.30. The Bertz CT molecular complexity index is 317. The summed E-state index contributed by atoms with van der Waals surface area (Å²) < 4.78 is 10.2. The van der Waals surface area contributed by atoms with Gasteiger partial charge >= 0.3 is 0 Å². The van der Waals surface area contributed by atoms with Gasteiger partial charge in [-0.15, -0.1) is 0 Å². The van der Waals surface area contributed by atoms with Crippen LogP contribution in [0.4, 0.5) is 0 Å². The molecule has 0 amide bonds. The van der Waals surface area contributed by atoms with Crippen molar-refractivity contribution >= 4 is 0 Å². The van der Waals surface area contributed by atoms with Crippen LogP contribution < -0.4 is 4.74 Å².